The predicted molar refractivity (Wildman–Crippen MR) is 64.1 cm³/mol. The second-order valence-electron chi connectivity index (χ2n) is 4.85. The number of likely N-dealkylation sites (N-methyl/N-ethyl adjacent to an activating group) is 1. The van der Waals surface area contributed by atoms with Gasteiger partial charge >= 0.3 is 0 Å². The molecule has 2 aliphatic rings. The van der Waals surface area contributed by atoms with E-state index in [2.05, 4.69) is 10.6 Å². The van der Waals surface area contributed by atoms with Crippen molar-refractivity contribution >= 4 is 17.7 Å². The van der Waals surface area contributed by atoms with Gasteiger partial charge in [0.25, 0.3) is 11.8 Å². The molecule has 1 saturated carbocycles. The van der Waals surface area contributed by atoms with E-state index in [-0.39, 0.29) is 18.0 Å². The molecule has 0 aromatic heterocycles. The summed E-state index contributed by atoms with van der Waals surface area (Å²) in [6.45, 7) is 0.187. The van der Waals surface area contributed by atoms with E-state index < -0.39 is 23.1 Å². The summed E-state index contributed by atoms with van der Waals surface area (Å²) in [6, 6.07) is 0. The number of rotatable bonds is 3. The van der Waals surface area contributed by atoms with E-state index in [1.54, 1.807) is 0 Å². The maximum atomic E-state index is 11.8. The Balaban J connectivity index is 2.41. The molecule has 0 spiro atoms. The molecule has 1 atom stereocenters. The largest absolute Gasteiger partial charge is 0.369 e. The molecule has 18 heavy (non-hydrogen) atoms. The van der Waals surface area contributed by atoms with E-state index in [0.717, 1.165) is 19.3 Å². The van der Waals surface area contributed by atoms with E-state index in [0.29, 0.717) is 0 Å². The fourth-order valence-electron chi connectivity index (χ4n) is 2.54. The van der Waals surface area contributed by atoms with Gasteiger partial charge in [-0.15, -0.1) is 0 Å². The van der Waals surface area contributed by atoms with Crippen LogP contribution in [0.1, 0.15) is 19.3 Å². The first-order valence-electron chi connectivity index (χ1n) is 6.04. The van der Waals surface area contributed by atoms with Crippen LogP contribution < -0.4 is 16.4 Å². The van der Waals surface area contributed by atoms with Crippen molar-refractivity contribution in [3.63, 3.8) is 0 Å². The van der Waals surface area contributed by atoms with Gasteiger partial charge in [0.15, 0.2) is 0 Å². The Kier molecular flexibility index (Phi) is 3.11. The fourth-order valence-corrected chi connectivity index (χ4v) is 2.54. The average molecular weight is 251 g/mol. The Morgan fingerprint density at radius 2 is 2.17 bits per heavy atom. The molecular weight excluding hydrogens is 234 g/mol. The second-order valence-corrected chi connectivity index (χ2v) is 4.85. The van der Waals surface area contributed by atoms with E-state index in [1.807, 2.05) is 0 Å². The van der Waals surface area contributed by atoms with Crippen molar-refractivity contribution in [2.45, 2.75) is 19.3 Å². The Morgan fingerprint density at radius 1 is 1.50 bits per heavy atom. The average Bonchev–Trinajstić information content (AvgIpc) is 2.28. The third kappa shape index (κ3) is 1.77. The summed E-state index contributed by atoms with van der Waals surface area (Å²) in [5.41, 5.74) is 4.57. The maximum Gasteiger partial charge on any atom is 0.256 e. The number of nitrogens with two attached hydrogens (primary N) is 1. The molecule has 0 radical (unpaired) electrons. The number of carbonyl (C=O) groups is 3. The summed E-state index contributed by atoms with van der Waals surface area (Å²) >= 11 is 0. The number of hydrogen-bond acceptors (Lipinski definition) is 3. The molecular formula is C12H17N3O3. The molecule has 0 aromatic rings. The molecule has 98 valence electrons. The van der Waals surface area contributed by atoms with Gasteiger partial charge in [-0.1, -0.05) is 6.42 Å². The quantitative estimate of drug-likeness (QED) is 0.564. The lowest BCUT2D eigenvalue weighted by molar-refractivity contribution is -0.131. The van der Waals surface area contributed by atoms with Crippen LogP contribution in [-0.2, 0) is 14.4 Å². The van der Waals surface area contributed by atoms with Crippen molar-refractivity contribution in [3.8, 4) is 0 Å². The van der Waals surface area contributed by atoms with E-state index >= 15 is 0 Å². The minimum absolute atomic E-state index is 0.0190. The zero-order valence-electron chi connectivity index (χ0n) is 10.3. The van der Waals surface area contributed by atoms with Crippen molar-refractivity contribution in [2.75, 3.05) is 13.6 Å². The summed E-state index contributed by atoms with van der Waals surface area (Å²) in [4.78, 5) is 35.0. The van der Waals surface area contributed by atoms with Gasteiger partial charge in [-0.3, -0.25) is 14.4 Å². The number of nitrogens with one attached hydrogen (secondary N) is 2. The highest BCUT2D eigenvalue weighted by atomic mass is 16.2. The number of hydrogen-bond donors (Lipinski definition) is 3. The first kappa shape index (κ1) is 12.6. The molecule has 1 heterocycles. The van der Waals surface area contributed by atoms with Crippen LogP contribution in [0.4, 0.5) is 0 Å². The van der Waals surface area contributed by atoms with Crippen molar-refractivity contribution < 1.29 is 14.4 Å². The third-order valence-electron chi connectivity index (χ3n) is 3.95. The number of carbonyl (C=O) groups excluding carboxylic acids is 3. The lowest BCUT2D eigenvalue weighted by atomic mass is 9.63. The second kappa shape index (κ2) is 4.44. The third-order valence-corrected chi connectivity index (χ3v) is 3.95. The molecule has 6 heteroatoms. The van der Waals surface area contributed by atoms with Crippen LogP contribution in [0, 0.1) is 11.3 Å². The van der Waals surface area contributed by atoms with Crippen molar-refractivity contribution in [1.82, 2.24) is 10.6 Å². The van der Waals surface area contributed by atoms with Crippen molar-refractivity contribution in [2.24, 2.45) is 17.1 Å². The summed E-state index contributed by atoms with van der Waals surface area (Å²) in [7, 11) is 1.44. The van der Waals surface area contributed by atoms with E-state index in [1.165, 1.54) is 13.1 Å². The summed E-state index contributed by atoms with van der Waals surface area (Å²) < 4.78 is 0. The van der Waals surface area contributed by atoms with Gasteiger partial charge in [-0.05, 0) is 24.8 Å². The minimum atomic E-state index is -0.909. The van der Waals surface area contributed by atoms with Crippen LogP contribution in [0.25, 0.3) is 0 Å². The summed E-state index contributed by atoms with van der Waals surface area (Å²) in [6.07, 6.45) is 4.32. The van der Waals surface area contributed by atoms with Gasteiger partial charge in [-0.25, -0.2) is 0 Å². The van der Waals surface area contributed by atoms with Gasteiger partial charge < -0.3 is 16.4 Å². The molecule has 1 unspecified atom stereocenters. The lowest BCUT2D eigenvalue weighted by Crippen LogP contribution is -2.56. The fraction of sp³-hybridized carbons (Fsp3) is 0.583. The van der Waals surface area contributed by atoms with E-state index in [9.17, 15) is 14.4 Å². The topological polar surface area (TPSA) is 101 Å². The van der Waals surface area contributed by atoms with Gasteiger partial charge in [0, 0.05) is 13.6 Å². The van der Waals surface area contributed by atoms with Crippen molar-refractivity contribution in [1.29, 1.82) is 0 Å². The van der Waals surface area contributed by atoms with E-state index in [4.69, 9.17) is 5.73 Å². The molecule has 1 aliphatic heterocycles. The van der Waals surface area contributed by atoms with Gasteiger partial charge in [0.2, 0.25) is 5.91 Å². The molecule has 0 bridgehead atoms. The first-order valence-corrected chi connectivity index (χ1v) is 6.04. The van der Waals surface area contributed by atoms with Gasteiger partial charge in [0.1, 0.15) is 5.57 Å². The van der Waals surface area contributed by atoms with Gasteiger partial charge in [0.05, 0.1) is 5.41 Å². The molecule has 6 nitrogen and oxygen atoms in total. The molecule has 1 fully saturated rings. The maximum absolute atomic E-state index is 11.8. The van der Waals surface area contributed by atoms with Crippen LogP contribution in [0.3, 0.4) is 0 Å². The van der Waals surface area contributed by atoms with Crippen molar-refractivity contribution in [3.05, 3.63) is 11.6 Å². The molecule has 2 rings (SSSR count). The smallest absolute Gasteiger partial charge is 0.256 e. The molecule has 0 aromatic carbocycles. The first-order chi connectivity index (χ1) is 8.51. The van der Waals surface area contributed by atoms with Gasteiger partial charge in [-0.2, -0.15) is 0 Å². The zero-order chi connectivity index (χ0) is 13.3. The Morgan fingerprint density at radius 3 is 2.61 bits per heavy atom. The number of amides is 3. The van der Waals surface area contributed by atoms with Crippen LogP contribution >= 0.6 is 0 Å². The SMILES string of the molecule is CNC(=O)C1=CC(C(N)=O)(C2CCC2)CNC1=O. The number of primary amides is 1. The minimum Gasteiger partial charge on any atom is -0.369 e. The molecule has 3 amide bonds. The normalized spacial score (nSPS) is 27.8. The Hall–Kier alpha value is -1.85. The standard InChI is InChI=1S/C12H17N3O3/c1-14-9(16)8-5-12(11(13)18,6-15-10(8)17)7-3-2-4-7/h5,7H,2-4,6H2,1H3,(H2,13,18)(H,14,16)(H,15,17). The Bertz CT molecular complexity index is 440. The summed E-state index contributed by atoms with van der Waals surface area (Å²) in [5, 5.41) is 5.00. The van der Waals surface area contributed by atoms with Crippen LogP contribution in [0.2, 0.25) is 0 Å². The Labute approximate surface area is 105 Å². The summed E-state index contributed by atoms with van der Waals surface area (Å²) in [5.74, 6) is -1.30. The molecule has 0 saturated heterocycles. The molecule has 4 N–H and O–H groups in total. The predicted octanol–water partition coefficient (Wildman–Crippen LogP) is -0.940. The van der Waals surface area contributed by atoms with Crippen LogP contribution in [0.15, 0.2) is 11.6 Å². The zero-order valence-corrected chi connectivity index (χ0v) is 10.3. The highest BCUT2D eigenvalue weighted by Gasteiger charge is 2.48. The highest BCUT2D eigenvalue weighted by Crippen LogP contribution is 2.44. The monoisotopic (exact) mass is 251 g/mol. The van der Waals surface area contributed by atoms with Crippen LogP contribution in [-0.4, -0.2) is 31.3 Å². The molecule has 1 aliphatic carbocycles. The lowest BCUT2D eigenvalue weighted by Gasteiger charge is -2.43. The highest BCUT2D eigenvalue weighted by molar-refractivity contribution is 6.19. The van der Waals surface area contributed by atoms with Crippen LogP contribution in [0.5, 0.6) is 0 Å².